The van der Waals surface area contributed by atoms with E-state index in [-0.39, 0.29) is 58.0 Å². The molecule has 1 fully saturated rings. The van der Waals surface area contributed by atoms with Crippen molar-refractivity contribution in [3.8, 4) is 0 Å². The fourth-order valence-corrected chi connectivity index (χ4v) is 3.75. The van der Waals surface area contributed by atoms with Gasteiger partial charge in [0.15, 0.2) is 0 Å². The molecular formula is C13H21NNaO6PS. The van der Waals surface area contributed by atoms with Crippen LogP contribution in [0.15, 0.2) is 11.8 Å². The molecular weight excluding hydrogens is 352 g/mol. The molecule has 0 aromatic carbocycles. The monoisotopic (exact) mass is 373 g/mol. The van der Waals surface area contributed by atoms with Crippen molar-refractivity contribution >= 4 is 31.2 Å². The third-order valence-corrected chi connectivity index (χ3v) is 6.03. The zero-order valence-electron chi connectivity index (χ0n) is 13.6. The maximum Gasteiger partial charge on any atom is 1.00 e. The number of carbonyl (C=O) groups is 2. The number of aliphatic carboxylic acids is 1. The average molecular weight is 373 g/mol. The van der Waals surface area contributed by atoms with E-state index in [0.717, 1.165) is 18.2 Å². The topological polar surface area (TPSA) is 127 Å². The van der Waals surface area contributed by atoms with Crippen molar-refractivity contribution in [3.63, 3.8) is 0 Å². The van der Waals surface area contributed by atoms with E-state index in [1.54, 1.807) is 0 Å². The maximum atomic E-state index is 11.9. The summed E-state index contributed by atoms with van der Waals surface area (Å²) in [6.45, 7) is 3.91. The van der Waals surface area contributed by atoms with Crippen LogP contribution in [0.1, 0.15) is 33.1 Å². The van der Waals surface area contributed by atoms with Gasteiger partial charge in [-0.05, 0) is 30.4 Å². The summed E-state index contributed by atoms with van der Waals surface area (Å²) >= 11 is 1.06. The Hall–Kier alpha value is 0.180. The summed E-state index contributed by atoms with van der Waals surface area (Å²) in [4.78, 5) is 42.1. The van der Waals surface area contributed by atoms with Gasteiger partial charge in [0.05, 0.1) is 5.49 Å². The molecule has 0 saturated heterocycles. The molecule has 1 rings (SSSR count). The van der Waals surface area contributed by atoms with E-state index in [4.69, 9.17) is 10.00 Å². The van der Waals surface area contributed by atoms with E-state index in [1.807, 2.05) is 13.8 Å². The molecule has 1 aliphatic carbocycles. The number of hydrogen-bond acceptors (Lipinski definition) is 5. The summed E-state index contributed by atoms with van der Waals surface area (Å²) in [6, 6.07) is 0. The van der Waals surface area contributed by atoms with Gasteiger partial charge in [-0.2, -0.15) is 11.8 Å². The SMILES string of the molecule is CC1(C)CC1C(=O)N/C(=C\CCCSCP(=O)([O-])O)C(=O)O.[Na+]. The molecule has 126 valence electrons. The smallest absolute Gasteiger partial charge is 0.778 e. The molecule has 1 amide bonds. The summed E-state index contributed by atoms with van der Waals surface area (Å²) < 4.78 is 10.5. The number of nitrogens with one attached hydrogen (secondary N) is 1. The number of carbonyl (C=O) groups excluding carboxylic acids is 1. The van der Waals surface area contributed by atoms with E-state index >= 15 is 0 Å². The van der Waals surface area contributed by atoms with E-state index < -0.39 is 13.6 Å². The van der Waals surface area contributed by atoms with E-state index in [0.29, 0.717) is 18.6 Å². The number of carboxylic acids is 1. The fraction of sp³-hybridized carbons (Fsp3) is 0.692. The van der Waals surface area contributed by atoms with Crippen LogP contribution in [-0.2, 0) is 14.2 Å². The molecule has 0 heterocycles. The van der Waals surface area contributed by atoms with Gasteiger partial charge < -0.3 is 24.8 Å². The molecule has 2 atom stereocenters. The van der Waals surface area contributed by atoms with Crippen molar-refractivity contribution in [3.05, 3.63) is 11.8 Å². The van der Waals surface area contributed by atoms with Crippen molar-refractivity contribution in [2.45, 2.75) is 33.1 Å². The molecule has 0 aromatic heterocycles. The Morgan fingerprint density at radius 3 is 2.48 bits per heavy atom. The minimum atomic E-state index is -4.24. The van der Waals surface area contributed by atoms with Gasteiger partial charge in [-0.1, -0.05) is 19.9 Å². The van der Waals surface area contributed by atoms with Crippen LogP contribution in [-0.4, -0.2) is 33.1 Å². The van der Waals surface area contributed by atoms with Crippen LogP contribution < -0.4 is 39.8 Å². The number of allylic oxidation sites excluding steroid dienone is 1. The Labute approximate surface area is 162 Å². The standard InChI is InChI=1S/C13H22NO6PS.Na/c1-13(2)7-9(13)11(15)14-10(12(16)17)5-3-4-6-22-8-21(18,19)20;/h5,9H,3-4,6-8H2,1-2H3,(H,14,15)(H,16,17)(H2,18,19,20);/q;+1/p-1/b10-5-;. The van der Waals surface area contributed by atoms with Crippen LogP contribution in [0, 0.1) is 11.3 Å². The Bertz CT molecular complexity index is 519. The molecule has 0 radical (unpaired) electrons. The number of amides is 1. The zero-order chi connectivity index (χ0) is 17.0. The van der Waals surface area contributed by atoms with Gasteiger partial charge in [0, 0.05) is 5.92 Å². The van der Waals surface area contributed by atoms with Crippen LogP contribution >= 0.6 is 19.4 Å². The Morgan fingerprint density at radius 2 is 2.04 bits per heavy atom. The van der Waals surface area contributed by atoms with Gasteiger partial charge in [0.1, 0.15) is 13.3 Å². The predicted molar refractivity (Wildman–Crippen MR) is 82.1 cm³/mol. The predicted octanol–water partition coefficient (Wildman–Crippen LogP) is -1.86. The molecule has 0 spiro atoms. The number of rotatable bonds is 9. The number of thioether (sulfide) groups is 1. The molecule has 0 aliphatic heterocycles. The van der Waals surface area contributed by atoms with Gasteiger partial charge >= 0.3 is 35.5 Å². The largest absolute Gasteiger partial charge is 1.00 e. The molecule has 3 N–H and O–H groups in total. The number of unbranched alkanes of at least 4 members (excludes halogenated alkanes) is 1. The van der Waals surface area contributed by atoms with Crippen LogP contribution in [0.25, 0.3) is 0 Å². The van der Waals surface area contributed by atoms with Crippen LogP contribution in [0.2, 0.25) is 0 Å². The molecule has 1 saturated carbocycles. The first kappa shape index (κ1) is 23.2. The molecule has 10 heteroatoms. The second-order valence-electron chi connectivity index (χ2n) is 5.97. The van der Waals surface area contributed by atoms with Crippen molar-refractivity contribution in [1.82, 2.24) is 5.32 Å². The van der Waals surface area contributed by atoms with Crippen molar-refractivity contribution in [2.75, 3.05) is 11.2 Å². The van der Waals surface area contributed by atoms with Gasteiger partial charge in [-0.3, -0.25) is 4.79 Å². The fourth-order valence-electron chi connectivity index (χ4n) is 1.94. The van der Waals surface area contributed by atoms with Crippen LogP contribution in [0.4, 0.5) is 0 Å². The zero-order valence-corrected chi connectivity index (χ0v) is 17.3. The number of hydrogen-bond donors (Lipinski definition) is 3. The van der Waals surface area contributed by atoms with Crippen LogP contribution in [0.5, 0.6) is 0 Å². The third-order valence-electron chi connectivity index (χ3n) is 3.41. The molecule has 1 aliphatic rings. The third kappa shape index (κ3) is 9.29. The first-order valence-electron chi connectivity index (χ1n) is 6.88. The van der Waals surface area contributed by atoms with E-state index in [9.17, 15) is 19.0 Å². The van der Waals surface area contributed by atoms with Crippen LogP contribution in [0.3, 0.4) is 0 Å². The number of carboxylic acid groups (broad SMARTS) is 1. The van der Waals surface area contributed by atoms with Gasteiger partial charge in [-0.15, -0.1) is 0 Å². The average Bonchev–Trinajstić information content (AvgIpc) is 2.99. The molecule has 23 heavy (non-hydrogen) atoms. The summed E-state index contributed by atoms with van der Waals surface area (Å²) in [5.74, 6) is -1.15. The molecule has 7 nitrogen and oxygen atoms in total. The van der Waals surface area contributed by atoms with Crippen molar-refractivity contribution in [1.29, 1.82) is 0 Å². The Kier molecular flexibility index (Phi) is 9.68. The molecule has 2 unspecified atom stereocenters. The minimum Gasteiger partial charge on any atom is -0.778 e. The first-order chi connectivity index (χ1) is 10.0. The second-order valence-corrected chi connectivity index (χ2v) is 9.10. The Balaban J connectivity index is 0.00000484. The summed E-state index contributed by atoms with van der Waals surface area (Å²) in [6.07, 6.45) is 3.12. The van der Waals surface area contributed by atoms with E-state index in [1.165, 1.54) is 6.08 Å². The molecule has 0 bridgehead atoms. The quantitative estimate of drug-likeness (QED) is 0.187. The van der Waals surface area contributed by atoms with E-state index in [2.05, 4.69) is 5.32 Å². The maximum absolute atomic E-state index is 11.9. The van der Waals surface area contributed by atoms with Gasteiger partial charge in [-0.25, -0.2) is 4.79 Å². The summed E-state index contributed by atoms with van der Waals surface area (Å²) in [5.41, 5.74) is -0.564. The summed E-state index contributed by atoms with van der Waals surface area (Å²) in [7, 11) is -4.24. The minimum absolute atomic E-state index is 0. The van der Waals surface area contributed by atoms with Gasteiger partial charge in [0.25, 0.3) is 0 Å². The van der Waals surface area contributed by atoms with Crippen molar-refractivity contribution in [2.24, 2.45) is 11.3 Å². The first-order valence-corrected chi connectivity index (χ1v) is 9.79. The molecule has 0 aromatic rings. The summed E-state index contributed by atoms with van der Waals surface area (Å²) in [5, 5.41) is 11.5. The Morgan fingerprint density at radius 1 is 1.48 bits per heavy atom. The second kappa shape index (κ2) is 9.61. The van der Waals surface area contributed by atoms with Gasteiger partial charge in [0.2, 0.25) is 5.91 Å². The van der Waals surface area contributed by atoms with Crippen molar-refractivity contribution < 1.29 is 58.6 Å². The normalized spacial score (nSPS) is 21.7.